The highest BCUT2D eigenvalue weighted by Gasteiger charge is 2.48. The minimum atomic E-state index is -1.64. The SMILES string of the molecule is OC[C@H]1O[C@@H](c2nncn2-c2cc(Cl)ccc2Cl)[C@H](O)[C@@H](n2cc(-c3cc(F)c(F)c(F)c3)nn2)[C@H]1O. The number of aliphatic hydroxyl groups is 3. The number of ether oxygens (including phenoxy) is 1. The van der Waals surface area contributed by atoms with Crippen molar-refractivity contribution in [3.63, 3.8) is 0 Å². The lowest BCUT2D eigenvalue weighted by atomic mass is 9.92. The molecule has 5 rings (SSSR count). The molecule has 3 heterocycles. The maximum atomic E-state index is 13.7. The Kier molecular flexibility index (Phi) is 6.91. The van der Waals surface area contributed by atoms with E-state index in [9.17, 15) is 28.5 Å². The summed E-state index contributed by atoms with van der Waals surface area (Å²) < 4.78 is 49.1. The van der Waals surface area contributed by atoms with Crippen LogP contribution in [-0.4, -0.2) is 70.0 Å². The Labute approximate surface area is 216 Å². The molecule has 5 atom stereocenters. The topological polar surface area (TPSA) is 131 Å². The van der Waals surface area contributed by atoms with Crippen molar-refractivity contribution in [2.75, 3.05) is 6.61 Å². The van der Waals surface area contributed by atoms with E-state index in [-0.39, 0.29) is 17.1 Å². The molecule has 194 valence electrons. The lowest BCUT2D eigenvalue weighted by molar-refractivity contribution is -0.210. The Morgan fingerprint density at radius 3 is 2.43 bits per heavy atom. The second-order valence-electron chi connectivity index (χ2n) is 8.24. The van der Waals surface area contributed by atoms with Gasteiger partial charge in [0.1, 0.15) is 42.5 Å². The molecule has 0 aliphatic carbocycles. The Morgan fingerprint density at radius 1 is 1.00 bits per heavy atom. The van der Waals surface area contributed by atoms with Gasteiger partial charge in [-0.05, 0) is 30.3 Å². The van der Waals surface area contributed by atoms with Crippen LogP contribution in [0.2, 0.25) is 10.0 Å². The molecule has 0 spiro atoms. The highest BCUT2D eigenvalue weighted by Crippen LogP contribution is 2.39. The second-order valence-corrected chi connectivity index (χ2v) is 9.09. The molecular formula is C22H17Cl2F3N6O4. The average Bonchev–Trinajstić information content (AvgIpc) is 3.54. The molecule has 1 fully saturated rings. The first kappa shape index (κ1) is 25.6. The van der Waals surface area contributed by atoms with Crippen molar-refractivity contribution in [3.05, 3.63) is 76.2 Å². The molecule has 2 aromatic heterocycles. The molecule has 0 bridgehead atoms. The molecule has 1 saturated heterocycles. The van der Waals surface area contributed by atoms with E-state index in [0.717, 1.165) is 16.8 Å². The number of nitrogens with zero attached hydrogens (tertiary/aromatic N) is 6. The molecule has 0 saturated carbocycles. The van der Waals surface area contributed by atoms with Crippen molar-refractivity contribution in [3.8, 4) is 16.9 Å². The summed E-state index contributed by atoms with van der Waals surface area (Å²) >= 11 is 12.4. The lowest BCUT2D eigenvalue weighted by Crippen LogP contribution is -2.53. The largest absolute Gasteiger partial charge is 0.394 e. The third-order valence-corrected chi connectivity index (χ3v) is 6.54. The van der Waals surface area contributed by atoms with Crippen LogP contribution in [0.3, 0.4) is 0 Å². The van der Waals surface area contributed by atoms with Crippen LogP contribution in [0.1, 0.15) is 18.0 Å². The summed E-state index contributed by atoms with van der Waals surface area (Å²) in [6.45, 7) is -0.636. The third kappa shape index (κ3) is 4.58. The van der Waals surface area contributed by atoms with Gasteiger partial charge in [0, 0.05) is 10.6 Å². The van der Waals surface area contributed by atoms with Crippen LogP contribution in [0.4, 0.5) is 13.2 Å². The molecule has 2 aromatic carbocycles. The number of halogens is 5. The standard InChI is InChI=1S/C22H17Cl2F3N6O4/c23-10-1-2-11(24)15(5-10)32-8-28-30-22(32)21-20(36)18(19(35)16(7-34)37-21)33-6-14(29-31-33)9-3-12(25)17(27)13(26)4-9/h1-6,8,16,18-21,34-36H,7H2/t16-,18+,19+,20-,21-/m1/s1. The van der Waals surface area contributed by atoms with E-state index in [1.165, 1.54) is 17.1 Å². The van der Waals surface area contributed by atoms with Gasteiger partial charge in [0.25, 0.3) is 0 Å². The number of rotatable bonds is 5. The number of aliphatic hydroxyl groups excluding tert-OH is 3. The maximum Gasteiger partial charge on any atom is 0.194 e. The van der Waals surface area contributed by atoms with Gasteiger partial charge in [-0.25, -0.2) is 17.9 Å². The summed E-state index contributed by atoms with van der Waals surface area (Å²) in [6, 6.07) is 4.90. The van der Waals surface area contributed by atoms with Crippen molar-refractivity contribution in [1.82, 2.24) is 29.8 Å². The molecule has 15 heteroatoms. The number of benzene rings is 2. The third-order valence-electron chi connectivity index (χ3n) is 5.98. The summed E-state index contributed by atoms with van der Waals surface area (Å²) in [4.78, 5) is 0. The zero-order valence-electron chi connectivity index (χ0n) is 18.5. The Morgan fingerprint density at radius 2 is 1.73 bits per heavy atom. The normalized spacial score (nSPS) is 23.9. The van der Waals surface area contributed by atoms with E-state index >= 15 is 0 Å². The van der Waals surface area contributed by atoms with Crippen molar-refractivity contribution in [2.45, 2.75) is 30.5 Å². The van der Waals surface area contributed by atoms with E-state index in [2.05, 4.69) is 20.5 Å². The molecule has 3 N–H and O–H groups in total. The first-order valence-corrected chi connectivity index (χ1v) is 11.5. The van der Waals surface area contributed by atoms with Gasteiger partial charge >= 0.3 is 0 Å². The predicted octanol–water partition coefficient (Wildman–Crippen LogP) is 2.65. The van der Waals surface area contributed by atoms with Gasteiger partial charge in [-0.15, -0.1) is 15.3 Å². The fourth-order valence-electron chi connectivity index (χ4n) is 4.18. The average molecular weight is 557 g/mol. The summed E-state index contributed by atoms with van der Waals surface area (Å²) in [5, 5.41) is 48.3. The fourth-order valence-corrected chi connectivity index (χ4v) is 4.55. The number of aromatic nitrogens is 6. The van der Waals surface area contributed by atoms with Gasteiger partial charge in [0.15, 0.2) is 23.3 Å². The van der Waals surface area contributed by atoms with Crippen LogP contribution >= 0.6 is 23.2 Å². The van der Waals surface area contributed by atoms with Gasteiger partial charge in [-0.3, -0.25) is 4.57 Å². The quantitative estimate of drug-likeness (QED) is 0.320. The van der Waals surface area contributed by atoms with Gasteiger partial charge in [0.2, 0.25) is 0 Å². The first-order valence-electron chi connectivity index (χ1n) is 10.7. The molecule has 37 heavy (non-hydrogen) atoms. The molecule has 4 aromatic rings. The molecule has 0 radical (unpaired) electrons. The van der Waals surface area contributed by atoms with E-state index < -0.39 is 54.5 Å². The van der Waals surface area contributed by atoms with Crippen LogP contribution in [0.25, 0.3) is 16.9 Å². The molecule has 0 amide bonds. The smallest absolute Gasteiger partial charge is 0.194 e. The molecule has 0 unspecified atom stereocenters. The summed E-state index contributed by atoms with van der Waals surface area (Å²) in [5.41, 5.74) is 0.204. The Hall–Kier alpha value is -3.07. The first-order chi connectivity index (χ1) is 17.7. The molecule has 1 aliphatic heterocycles. The minimum absolute atomic E-state index is 0.0605. The summed E-state index contributed by atoms with van der Waals surface area (Å²) in [6.07, 6.45) is -2.95. The van der Waals surface area contributed by atoms with Crippen molar-refractivity contribution in [2.24, 2.45) is 0 Å². The van der Waals surface area contributed by atoms with E-state index in [1.54, 1.807) is 18.2 Å². The van der Waals surface area contributed by atoms with Gasteiger partial charge < -0.3 is 20.1 Å². The molecular weight excluding hydrogens is 540 g/mol. The van der Waals surface area contributed by atoms with Gasteiger partial charge in [-0.2, -0.15) is 0 Å². The molecule has 1 aliphatic rings. The van der Waals surface area contributed by atoms with Gasteiger partial charge in [-0.1, -0.05) is 28.4 Å². The highest BCUT2D eigenvalue weighted by molar-refractivity contribution is 6.34. The van der Waals surface area contributed by atoms with Crippen LogP contribution < -0.4 is 0 Å². The van der Waals surface area contributed by atoms with Crippen LogP contribution in [0, 0.1) is 17.5 Å². The zero-order valence-corrected chi connectivity index (χ0v) is 20.0. The second kappa shape index (κ2) is 10.0. The fraction of sp³-hybridized carbons (Fsp3) is 0.273. The van der Waals surface area contributed by atoms with Crippen LogP contribution in [0.15, 0.2) is 42.9 Å². The summed E-state index contributed by atoms with van der Waals surface area (Å²) in [5.74, 6) is -4.40. The van der Waals surface area contributed by atoms with E-state index in [4.69, 9.17) is 27.9 Å². The van der Waals surface area contributed by atoms with E-state index in [1.807, 2.05) is 0 Å². The zero-order chi connectivity index (χ0) is 26.4. The monoisotopic (exact) mass is 556 g/mol. The number of hydrogen-bond acceptors (Lipinski definition) is 8. The lowest BCUT2D eigenvalue weighted by Gasteiger charge is -2.41. The van der Waals surface area contributed by atoms with Crippen molar-refractivity contribution < 1.29 is 33.2 Å². The van der Waals surface area contributed by atoms with Crippen LogP contribution in [0.5, 0.6) is 0 Å². The highest BCUT2D eigenvalue weighted by atomic mass is 35.5. The Bertz CT molecular complexity index is 1430. The van der Waals surface area contributed by atoms with E-state index in [0.29, 0.717) is 15.7 Å². The predicted molar refractivity (Wildman–Crippen MR) is 122 cm³/mol. The number of hydrogen-bond donors (Lipinski definition) is 3. The van der Waals surface area contributed by atoms with Crippen molar-refractivity contribution in [1.29, 1.82) is 0 Å². The Balaban J connectivity index is 1.53. The summed E-state index contributed by atoms with van der Waals surface area (Å²) in [7, 11) is 0. The molecule has 10 nitrogen and oxygen atoms in total. The minimum Gasteiger partial charge on any atom is -0.394 e. The van der Waals surface area contributed by atoms with Crippen molar-refractivity contribution >= 4 is 23.2 Å². The maximum absolute atomic E-state index is 13.7. The van der Waals surface area contributed by atoms with Crippen LogP contribution in [-0.2, 0) is 4.74 Å². The van der Waals surface area contributed by atoms with Gasteiger partial charge in [0.05, 0.1) is 23.5 Å².